The van der Waals surface area contributed by atoms with Crippen molar-refractivity contribution >= 4 is 21.4 Å². The van der Waals surface area contributed by atoms with Gasteiger partial charge in [-0.1, -0.05) is 18.2 Å². The molecule has 1 heterocycles. The maximum absolute atomic E-state index is 11.7. The van der Waals surface area contributed by atoms with Gasteiger partial charge in [0.05, 0.1) is 11.5 Å². The van der Waals surface area contributed by atoms with Crippen LogP contribution in [0.25, 0.3) is 0 Å². The lowest BCUT2D eigenvalue weighted by Gasteiger charge is -2.11. The van der Waals surface area contributed by atoms with Crippen molar-refractivity contribution in [2.75, 3.05) is 23.4 Å². The number of hydrogen-bond acceptors (Lipinski definition) is 4. The molecule has 1 aromatic carbocycles. The zero-order valence-electron chi connectivity index (χ0n) is 10.6. The average molecular weight is 282 g/mol. The van der Waals surface area contributed by atoms with E-state index in [9.17, 15) is 13.2 Å². The van der Waals surface area contributed by atoms with E-state index in [-0.39, 0.29) is 23.5 Å². The number of nitrogens with one attached hydrogen (secondary N) is 2. The summed E-state index contributed by atoms with van der Waals surface area (Å²) in [4.78, 5) is 11.7. The van der Waals surface area contributed by atoms with Crippen LogP contribution in [0.1, 0.15) is 12.8 Å². The third-order valence-electron chi connectivity index (χ3n) is 3.05. The molecule has 1 atom stereocenters. The molecule has 6 heteroatoms. The second-order valence-electron chi connectivity index (χ2n) is 4.71. The Bertz CT molecular complexity index is 528. The molecule has 2 rings (SSSR count). The van der Waals surface area contributed by atoms with Crippen LogP contribution in [-0.4, -0.2) is 38.4 Å². The molecule has 104 valence electrons. The molecule has 0 spiro atoms. The molecule has 1 unspecified atom stereocenters. The van der Waals surface area contributed by atoms with E-state index in [2.05, 4.69) is 10.6 Å². The summed E-state index contributed by atoms with van der Waals surface area (Å²) in [7, 11) is -2.93. The van der Waals surface area contributed by atoms with Gasteiger partial charge in [0.2, 0.25) is 5.91 Å². The quantitative estimate of drug-likeness (QED) is 0.837. The first-order chi connectivity index (χ1) is 9.05. The van der Waals surface area contributed by atoms with Crippen molar-refractivity contribution in [3.63, 3.8) is 0 Å². The minimum atomic E-state index is -2.93. The van der Waals surface area contributed by atoms with Crippen molar-refractivity contribution in [1.82, 2.24) is 5.32 Å². The summed E-state index contributed by atoms with van der Waals surface area (Å²) >= 11 is 0. The van der Waals surface area contributed by atoms with Crippen LogP contribution in [0, 0.1) is 0 Å². The Morgan fingerprint density at radius 1 is 1.26 bits per heavy atom. The van der Waals surface area contributed by atoms with E-state index >= 15 is 0 Å². The number of para-hydroxylation sites is 1. The molecule has 0 aliphatic carbocycles. The van der Waals surface area contributed by atoms with Crippen molar-refractivity contribution in [2.24, 2.45) is 0 Å². The summed E-state index contributed by atoms with van der Waals surface area (Å²) in [5.74, 6) is 0.149. The molecule has 0 saturated carbocycles. The maximum Gasteiger partial charge on any atom is 0.222 e. The molecular formula is C13H18N2O3S. The predicted octanol–water partition coefficient (Wildman–Crippen LogP) is 0.792. The van der Waals surface area contributed by atoms with Crippen molar-refractivity contribution < 1.29 is 13.2 Å². The van der Waals surface area contributed by atoms with Gasteiger partial charge in [0.25, 0.3) is 0 Å². The van der Waals surface area contributed by atoms with Crippen LogP contribution >= 0.6 is 0 Å². The fourth-order valence-corrected chi connectivity index (χ4v) is 3.76. The molecule has 1 fully saturated rings. The Hall–Kier alpha value is -1.56. The van der Waals surface area contributed by atoms with Gasteiger partial charge in [-0.15, -0.1) is 0 Å². The van der Waals surface area contributed by atoms with E-state index in [1.54, 1.807) is 0 Å². The average Bonchev–Trinajstić information content (AvgIpc) is 2.70. The predicted molar refractivity (Wildman–Crippen MR) is 74.8 cm³/mol. The van der Waals surface area contributed by atoms with Gasteiger partial charge >= 0.3 is 0 Å². The third kappa shape index (κ3) is 4.55. The highest BCUT2D eigenvalue weighted by Crippen LogP contribution is 2.11. The van der Waals surface area contributed by atoms with Crippen LogP contribution in [-0.2, 0) is 14.6 Å². The highest BCUT2D eigenvalue weighted by Gasteiger charge is 2.28. The van der Waals surface area contributed by atoms with Gasteiger partial charge in [-0.3, -0.25) is 4.79 Å². The van der Waals surface area contributed by atoms with Gasteiger partial charge in [-0.05, 0) is 18.6 Å². The highest BCUT2D eigenvalue weighted by atomic mass is 32.2. The van der Waals surface area contributed by atoms with Crippen LogP contribution < -0.4 is 10.6 Å². The van der Waals surface area contributed by atoms with Gasteiger partial charge in [-0.2, -0.15) is 0 Å². The second-order valence-corrected chi connectivity index (χ2v) is 6.94. The molecule has 1 aromatic rings. The molecule has 1 aliphatic rings. The molecular weight excluding hydrogens is 264 g/mol. The smallest absolute Gasteiger partial charge is 0.222 e. The number of amides is 1. The van der Waals surface area contributed by atoms with Crippen molar-refractivity contribution in [2.45, 2.75) is 18.9 Å². The number of benzene rings is 1. The normalized spacial score (nSPS) is 20.9. The van der Waals surface area contributed by atoms with Crippen LogP contribution in [0.2, 0.25) is 0 Å². The summed E-state index contributed by atoms with van der Waals surface area (Å²) in [6.45, 7) is 0.537. The van der Waals surface area contributed by atoms with Crippen molar-refractivity contribution in [1.29, 1.82) is 0 Å². The van der Waals surface area contributed by atoms with Gasteiger partial charge in [0, 0.05) is 24.7 Å². The van der Waals surface area contributed by atoms with Crippen LogP contribution in [0.5, 0.6) is 0 Å². The monoisotopic (exact) mass is 282 g/mol. The Balaban J connectivity index is 1.68. The first-order valence-corrected chi connectivity index (χ1v) is 8.16. The highest BCUT2D eigenvalue weighted by molar-refractivity contribution is 7.91. The number of carbonyl (C=O) groups is 1. The lowest BCUT2D eigenvalue weighted by atomic mass is 10.2. The first kappa shape index (κ1) is 13.9. The molecule has 5 nitrogen and oxygen atoms in total. The molecule has 0 bridgehead atoms. The standard InChI is InChI=1S/C13H18N2O3S/c16-13(15-12-7-9-19(17,18)10-12)6-8-14-11-4-2-1-3-5-11/h1-5,12,14H,6-10H2,(H,15,16). The molecule has 1 amide bonds. The molecule has 19 heavy (non-hydrogen) atoms. The zero-order valence-corrected chi connectivity index (χ0v) is 11.4. The number of hydrogen-bond donors (Lipinski definition) is 2. The summed E-state index contributed by atoms with van der Waals surface area (Å²) < 4.78 is 22.5. The summed E-state index contributed by atoms with van der Waals surface area (Å²) in [6.07, 6.45) is 0.867. The van der Waals surface area contributed by atoms with Gasteiger partial charge < -0.3 is 10.6 Å². The van der Waals surface area contributed by atoms with E-state index in [4.69, 9.17) is 0 Å². The largest absolute Gasteiger partial charge is 0.385 e. The maximum atomic E-state index is 11.7. The van der Waals surface area contributed by atoms with E-state index in [0.29, 0.717) is 19.4 Å². The Labute approximate surface area is 113 Å². The summed E-state index contributed by atoms with van der Waals surface area (Å²) in [6, 6.07) is 9.42. The minimum Gasteiger partial charge on any atom is -0.385 e. The summed E-state index contributed by atoms with van der Waals surface area (Å²) in [5.41, 5.74) is 0.971. The molecule has 0 radical (unpaired) electrons. The molecule has 0 aromatic heterocycles. The lowest BCUT2D eigenvalue weighted by Crippen LogP contribution is -2.36. The Morgan fingerprint density at radius 3 is 2.63 bits per heavy atom. The molecule has 2 N–H and O–H groups in total. The van der Waals surface area contributed by atoms with E-state index in [1.165, 1.54) is 0 Å². The van der Waals surface area contributed by atoms with E-state index < -0.39 is 9.84 Å². The first-order valence-electron chi connectivity index (χ1n) is 6.34. The van der Waals surface area contributed by atoms with Crippen molar-refractivity contribution in [3.05, 3.63) is 30.3 Å². The number of anilines is 1. The van der Waals surface area contributed by atoms with E-state index in [1.807, 2.05) is 30.3 Å². The summed E-state index contributed by atoms with van der Waals surface area (Å²) in [5, 5.41) is 5.90. The number of rotatable bonds is 5. The second kappa shape index (κ2) is 6.06. The fourth-order valence-electron chi connectivity index (χ4n) is 2.09. The van der Waals surface area contributed by atoms with Gasteiger partial charge in [0.1, 0.15) is 0 Å². The SMILES string of the molecule is O=C(CCNc1ccccc1)NC1CCS(=O)(=O)C1. The van der Waals surface area contributed by atoms with Crippen molar-refractivity contribution in [3.8, 4) is 0 Å². The van der Waals surface area contributed by atoms with Gasteiger partial charge in [-0.25, -0.2) is 8.42 Å². The number of sulfone groups is 1. The molecule has 1 aliphatic heterocycles. The van der Waals surface area contributed by atoms with Crippen LogP contribution in [0.15, 0.2) is 30.3 Å². The zero-order chi connectivity index (χ0) is 13.7. The topological polar surface area (TPSA) is 75.3 Å². The van der Waals surface area contributed by atoms with E-state index in [0.717, 1.165) is 5.69 Å². The molecule has 1 saturated heterocycles. The fraction of sp³-hybridized carbons (Fsp3) is 0.462. The third-order valence-corrected chi connectivity index (χ3v) is 4.82. The lowest BCUT2D eigenvalue weighted by molar-refractivity contribution is -0.121. The van der Waals surface area contributed by atoms with Gasteiger partial charge in [0.15, 0.2) is 9.84 Å². The number of carbonyl (C=O) groups excluding carboxylic acids is 1. The Kier molecular flexibility index (Phi) is 4.42. The minimum absolute atomic E-state index is 0.0743. The Morgan fingerprint density at radius 2 is 2.00 bits per heavy atom. The van der Waals surface area contributed by atoms with Crippen LogP contribution in [0.4, 0.5) is 5.69 Å². The van der Waals surface area contributed by atoms with Crippen LogP contribution in [0.3, 0.4) is 0 Å².